The van der Waals surface area contributed by atoms with Crippen molar-refractivity contribution in [1.29, 1.82) is 0 Å². The molecule has 0 amide bonds. The van der Waals surface area contributed by atoms with E-state index >= 15 is 0 Å². The Morgan fingerprint density at radius 1 is 1.05 bits per heavy atom. The van der Waals surface area contributed by atoms with Crippen molar-refractivity contribution >= 4 is 0 Å². The second-order valence-corrected chi connectivity index (χ2v) is 6.56. The number of aliphatic hydroxyl groups is 1. The molecule has 1 heterocycles. The highest BCUT2D eigenvalue weighted by atomic mass is 16.3. The summed E-state index contributed by atoms with van der Waals surface area (Å²) in [6.07, 6.45) is 0. The number of nitrogens with zero attached hydrogens (tertiary/aromatic N) is 3. The smallest absolute Gasteiger partial charge is 0.0994 e. The van der Waals surface area contributed by atoms with Gasteiger partial charge in [-0.25, -0.2) is 0 Å². The Morgan fingerprint density at radius 3 is 2.19 bits per heavy atom. The summed E-state index contributed by atoms with van der Waals surface area (Å²) in [6.45, 7) is 9.14. The van der Waals surface area contributed by atoms with E-state index in [1.165, 1.54) is 0 Å². The predicted octanol–water partition coefficient (Wildman–Crippen LogP) is 1.07. The highest BCUT2D eigenvalue weighted by molar-refractivity contribution is 5.21. The predicted molar refractivity (Wildman–Crippen MR) is 87.4 cm³/mol. The maximum Gasteiger partial charge on any atom is 0.0994 e. The Morgan fingerprint density at radius 2 is 1.62 bits per heavy atom. The SMILES string of the molecule is CN(C)CCN1CCN(CC(C)(O)c2ccccc2)CC1. The van der Waals surface area contributed by atoms with Crippen LogP contribution in [0.1, 0.15) is 12.5 Å². The normalized spacial score (nSPS) is 20.6. The molecule has 0 aromatic heterocycles. The van der Waals surface area contributed by atoms with E-state index in [1.54, 1.807) is 0 Å². The molecule has 1 aliphatic rings. The molecule has 21 heavy (non-hydrogen) atoms. The van der Waals surface area contributed by atoms with Gasteiger partial charge in [-0.3, -0.25) is 9.80 Å². The van der Waals surface area contributed by atoms with Crippen LogP contribution in [-0.2, 0) is 5.60 Å². The fourth-order valence-electron chi connectivity index (χ4n) is 2.84. The summed E-state index contributed by atoms with van der Waals surface area (Å²) in [4.78, 5) is 7.11. The molecular formula is C17H29N3O. The monoisotopic (exact) mass is 291 g/mol. The van der Waals surface area contributed by atoms with Gasteiger partial charge in [0.15, 0.2) is 0 Å². The van der Waals surface area contributed by atoms with Gasteiger partial charge in [0.2, 0.25) is 0 Å². The molecule has 0 spiro atoms. The van der Waals surface area contributed by atoms with Crippen molar-refractivity contribution in [3.8, 4) is 0 Å². The molecule has 4 nitrogen and oxygen atoms in total. The summed E-state index contributed by atoms with van der Waals surface area (Å²) in [7, 11) is 4.24. The van der Waals surface area contributed by atoms with E-state index in [0.29, 0.717) is 6.54 Å². The van der Waals surface area contributed by atoms with Gasteiger partial charge < -0.3 is 10.0 Å². The molecule has 1 atom stereocenters. The van der Waals surface area contributed by atoms with Gasteiger partial charge in [0.05, 0.1) is 5.60 Å². The van der Waals surface area contributed by atoms with Crippen LogP contribution in [0.25, 0.3) is 0 Å². The molecule has 1 aromatic carbocycles. The molecule has 1 aromatic rings. The van der Waals surface area contributed by atoms with Gasteiger partial charge in [-0.1, -0.05) is 30.3 Å². The van der Waals surface area contributed by atoms with E-state index in [0.717, 1.165) is 44.8 Å². The van der Waals surface area contributed by atoms with Crippen LogP contribution in [0.3, 0.4) is 0 Å². The fraction of sp³-hybridized carbons (Fsp3) is 0.647. The first-order valence-corrected chi connectivity index (χ1v) is 7.85. The van der Waals surface area contributed by atoms with E-state index in [2.05, 4.69) is 28.8 Å². The maximum atomic E-state index is 10.7. The minimum atomic E-state index is -0.771. The molecule has 1 unspecified atom stereocenters. The summed E-state index contributed by atoms with van der Waals surface area (Å²) in [5.41, 5.74) is 0.229. The van der Waals surface area contributed by atoms with Crippen LogP contribution in [0, 0.1) is 0 Å². The lowest BCUT2D eigenvalue weighted by Crippen LogP contribution is -2.51. The number of hydrogen-bond donors (Lipinski definition) is 1. The lowest BCUT2D eigenvalue weighted by atomic mass is 9.95. The number of hydrogen-bond acceptors (Lipinski definition) is 4. The lowest BCUT2D eigenvalue weighted by molar-refractivity contribution is 0.0000617. The summed E-state index contributed by atoms with van der Waals surface area (Å²) in [5.74, 6) is 0. The molecule has 1 aliphatic heterocycles. The van der Waals surface area contributed by atoms with Crippen LogP contribution in [-0.4, -0.2) is 79.7 Å². The molecule has 0 radical (unpaired) electrons. The van der Waals surface area contributed by atoms with Gasteiger partial charge in [-0.15, -0.1) is 0 Å². The molecule has 1 N–H and O–H groups in total. The molecule has 4 heteroatoms. The highest BCUT2D eigenvalue weighted by Gasteiger charge is 2.27. The first-order chi connectivity index (χ1) is 9.97. The average Bonchev–Trinajstić information content (AvgIpc) is 2.47. The zero-order valence-corrected chi connectivity index (χ0v) is 13.6. The van der Waals surface area contributed by atoms with Crippen molar-refractivity contribution in [3.05, 3.63) is 35.9 Å². The Balaban J connectivity index is 1.80. The topological polar surface area (TPSA) is 30.0 Å². The van der Waals surface area contributed by atoms with Crippen molar-refractivity contribution < 1.29 is 5.11 Å². The third kappa shape index (κ3) is 5.08. The van der Waals surface area contributed by atoms with Gasteiger partial charge in [-0.05, 0) is 26.6 Å². The van der Waals surface area contributed by atoms with Crippen molar-refractivity contribution in [2.45, 2.75) is 12.5 Å². The third-order valence-corrected chi connectivity index (χ3v) is 4.26. The van der Waals surface area contributed by atoms with Crippen molar-refractivity contribution in [3.63, 3.8) is 0 Å². The number of benzene rings is 1. The maximum absolute atomic E-state index is 10.7. The van der Waals surface area contributed by atoms with Crippen LogP contribution >= 0.6 is 0 Å². The number of rotatable bonds is 6. The Labute approximate surface area is 129 Å². The second kappa shape index (κ2) is 7.36. The van der Waals surface area contributed by atoms with Gasteiger partial charge in [0.1, 0.15) is 0 Å². The first-order valence-electron chi connectivity index (χ1n) is 7.85. The van der Waals surface area contributed by atoms with Crippen LogP contribution < -0.4 is 0 Å². The zero-order chi connectivity index (χ0) is 15.3. The van der Waals surface area contributed by atoms with Gasteiger partial charge in [0.25, 0.3) is 0 Å². The molecule has 2 rings (SSSR count). The minimum Gasteiger partial charge on any atom is -0.384 e. The van der Waals surface area contributed by atoms with Gasteiger partial charge >= 0.3 is 0 Å². The van der Waals surface area contributed by atoms with Gasteiger partial charge in [0, 0.05) is 45.8 Å². The van der Waals surface area contributed by atoms with E-state index in [1.807, 2.05) is 37.3 Å². The summed E-state index contributed by atoms with van der Waals surface area (Å²) >= 11 is 0. The zero-order valence-electron chi connectivity index (χ0n) is 13.6. The summed E-state index contributed by atoms with van der Waals surface area (Å²) in [6, 6.07) is 9.98. The van der Waals surface area contributed by atoms with Crippen LogP contribution in [0.5, 0.6) is 0 Å². The molecule has 0 aliphatic carbocycles. The quantitative estimate of drug-likeness (QED) is 0.849. The largest absolute Gasteiger partial charge is 0.384 e. The van der Waals surface area contributed by atoms with E-state index in [9.17, 15) is 5.11 Å². The van der Waals surface area contributed by atoms with Crippen LogP contribution in [0.4, 0.5) is 0 Å². The van der Waals surface area contributed by atoms with E-state index in [4.69, 9.17) is 0 Å². The Bertz CT molecular complexity index is 411. The van der Waals surface area contributed by atoms with Crippen molar-refractivity contribution in [1.82, 2.24) is 14.7 Å². The first kappa shape index (κ1) is 16.4. The third-order valence-electron chi connectivity index (χ3n) is 4.26. The minimum absolute atomic E-state index is 0.707. The van der Waals surface area contributed by atoms with Crippen LogP contribution in [0.2, 0.25) is 0 Å². The second-order valence-electron chi connectivity index (χ2n) is 6.56. The molecular weight excluding hydrogens is 262 g/mol. The van der Waals surface area contributed by atoms with Crippen molar-refractivity contribution in [2.24, 2.45) is 0 Å². The molecule has 0 bridgehead atoms. The summed E-state index contributed by atoms with van der Waals surface area (Å²) < 4.78 is 0. The number of likely N-dealkylation sites (N-methyl/N-ethyl adjacent to an activating group) is 1. The Kier molecular flexibility index (Phi) is 5.76. The molecule has 118 valence electrons. The molecule has 0 saturated carbocycles. The van der Waals surface area contributed by atoms with Gasteiger partial charge in [-0.2, -0.15) is 0 Å². The summed E-state index contributed by atoms with van der Waals surface area (Å²) in [5, 5.41) is 10.7. The Hall–Kier alpha value is -0.940. The average molecular weight is 291 g/mol. The lowest BCUT2D eigenvalue weighted by Gasteiger charge is -2.38. The highest BCUT2D eigenvalue weighted by Crippen LogP contribution is 2.22. The molecule has 1 saturated heterocycles. The van der Waals surface area contributed by atoms with Crippen molar-refractivity contribution in [2.75, 3.05) is 59.9 Å². The van der Waals surface area contributed by atoms with E-state index in [-0.39, 0.29) is 0 Å². The van der Waals surface area contributed by atoms with E-state index < -0.39 is 5.60 Å². The number of piperazine rings is 1. The standard InChI is InChI=1S/C17H29N3O/c1-17(21,16-7-5-4-6-8-16)15-20-13-11-19(12-14-20)10-9-18(2)3/h4-8,21H,9-15H2,1-3H3. The number of β-amino-alcohol motifs (C(OH)–C–C–N with tert-alkyl or cyclic N) is 1. The van der Waals surface area contributed by atoms with Crippen LogP contribution in [0.15, 0.2) is 30.3 Å². The fourth-order valence-corrected chi connectivity index (χ4v) is 2.84. The molecule has 1 fully saturated rings.